The topological polar surface area (TPSA) is 37.3 Å². The molecule has 0 aromatic heterocycles. The van der Waals surface area contributed by atoms with E-state index < -0.39 is 34.1 Å². The Labute approximate surface area is 86.1 Å². The van der Waals surface area contributed by atoms with Crippen molar-refractivity contribution in [2.75, 3.05) is 0 Å². The fourth-order valence-electron chi connectivity index (χ4n) is 0.967. The lowest BCUT2D eigenvalue weighted by atomic mass is 10.1. The molecule has 0 aliphatic carbocycles. The van der Waals surface area contributed by atoms with Crippen molar-refractivity contribution >= 4 is 17.6 Å². The SMILES string of the molecule is O=C(O)c1c(F)ccc(C(F)(F)F)c1Cl. The Morgan fingerprint density at radius 2 is 1.87 bits per heavy atom. The number of hydrogen-bond donors (Lipinski definition) is 1. The van der Waals surface area contributed by atoms with Gasteiger partial charge in [-0.25, -0.2) is 9.18 Å². The van der Waals surface area contributed by atoms with Gasteiger partial charge in [-0.3, -0.25) is 0 Å². The zero-order chi connectivity index (χ0) is 11.8. The van der Waals surface area contributed by atoms with Crippen LogP contribution >= 0.6 is 11.6 Å². The molecule has 0 amide bonds. The molecule has 0 aliphatic rings. The van der Waals surface area contributed by atoms with Crippen molar-refractivity contribution < 1.29 is 27.5 Å². The molecule has 0 heterocycles. The average molecular weight is 243 g/mol. The molecule has 82 valence electrons. The van der Waals surface area contributed by atoms with Gasteiger partial charge in [0.1, 0.15) is 11.4 Å². The summed E-state index contributed by atoms with van der Waals surface area (Å²) in [7, 11) is 0. The van der Waals surface area contributed by atoms with E-state index in [2.05, 4.69) is 0 Å². The van der Waals surface area contributed by atoms with Crippen LogP contribution < -0.4 is 0 Å². The highest BCUT2D eigenvalue weighted by molar-refractivity contribution is 6.34. The number of carboxylic acid groups (broad SMARTS) is 1. The van der Waals surface area contributed by atoms with Crippen LogP contribution in [0.4, 0.5) is 17.6 Å². The highest BCUT2D eigenvalue weighted by Gasteiger charge is 2.35. The lowest BCUT2D eigenvalue weighted by Crippen LogP contribution is -2.11. The van der Waals surface area contributed by atoms with Crippen LogP contribution in [-0.4, -0.2) is 11.1 Å². The second-order valence-electron chi connectivity index (χ2n) is 2.59. The quantitative estimate of drug-likeness (QED) is 0.768. The Bertz CT molecular complexity index is 414. The summed E-state index contributed by atoms with van der Waals surface area (Å²) in [5.41, 5.74) is -2.55. The van der Waals surface area contributed by atoms with Gasteiger partial charge in [-0.15, -0.1) is 0 Å². The van der Waals surface area contributed by atoms with Crippen LogP contribution in [0.3, 0.4) is 0 Å². The summed E-state index contributed by atoms with van der Waals surface area (Å²) in [4.78, 5) is 10.4. The fourth-order valence-corrected chi connectivity index (χ4v) is 1.31. The van der Waals surface area contributed by atoms with Crippen LogP contribution in [0.1, 0.15) is 15.9 Å². The second-order valence-corrected chi connectivity index (χ2v) is 2.96. The normalized spacial score (nSPS) is 11.5. The molecule has 0 aliphatic heterocycles. The van der Waals surface area contributed by atoms with Gasteiger partial charge in [0.05, 0.1) is 10.6 Å². The van der Waals surface area contributed by atoms with E-state index in [0.717, 1.165) is 0 Å². The van der Waals surface area contributed by atoms with Gasteiger partial charge in [0.15, 0.2) is 0 Å². The average Bonchev–Trinajstić information content (AvgIpc) is 2.00. The Morgan fingerprint density at radius 3 is 2.27 bits per heavy atom. The van der Waals surface area contributed by atoms with E-state index in [1.165, 1.54) is 0 Å². The smallest absolute Gasteiger partial charge is 0.417 e. The molecule has 1 aromatic rings. The van der Waals surface area contributed by atoms with Crippen molar-refractivity contribution in [2.45, 2.75) is 6.18 Å². The van der Waals surface area contributed by atoms with Crippen molar-refractivity contribution in [3.63, 3.8) is 0 Å². The standard InChI is InChI=1S/C8H3ClF4O2/c9-6-3(8(11,12)13)1-2-4(10)5(6)7(14)15/h1-2H,(H,14,15). The van der Waals surface area contributed by atoms with Gasteiger partial charge >= 0.3 is 12.1 Å². The predicted molar refractivity (Wildman–Crippen MR) is 43.4 cm³/mol. The molecule has 0 fully saturated rings. The van der Waals surface area contributed by atoms with E-state index in [0.29, 0.717) is 12.1 Å². The minimum Gasteiger partial charge on any atom is -0.478 e. The summed E-state index contributed by atoms with van der Waals surface area (Å²) in [6, 6.07) is 0.808. The van der Waals surface area contributed by atoms with E-state index >= 15 is 0 Å². The molecule has 0 saturated heterocycles. The zero-order valence-electron chi connectivity index (χ0n) is 6.90. The van der Waals surface area contributed by atoms with E-state index in [1.807, 2.05) is 0 Å². The number of rotatable bonds is 1. The van der Waals surface area contributed by atoms with Crippen LogP contribution in [0.25, 0.3) is 0 Å². The van der Waals surface area contributed by atoms with Crippen LogP contribution in [0.5, 0.6) is 0 Å². The lowest BCUT2D eigenvalue weighted by molar-refractivity contribution is -0.137. The van der Waals surface area contributed by atoms with Crippen molar-refractivity contribution in [2.24, 2.45) is 0 Å². The van der Waals surface area contributed by atoms with Crippen molar-refractivity contribution in [1.29, 1.82) is 0 Å². The van der Waals surface area contributed by atoms with E-state index in [9.17, 15) is 22.4 Å². The highest BCUT2D eigenvalue weighted by atomic mass is 35.5. The maximum absolute atomic E-state index is 12.8. The van der Waals surface area contributed by atoms with Crippen molar-refractivity contribution in [3.05, 3.63) is 34.1 Å². The first-order valence-electron chi connectivity index (χ1n) is 3.53. The Morgan fingerprint density at radius 1 is 1.33 bits per heavy atom. The third kappa shape index (κ3) is 2.20. The molecule has 0 spiro atoms. The molecule has 0 atom stereocenters. The molecule has 7 heteroatoms. The van der Waals surface area contributed by atoms with Gasteiger partial charge in [0.25, 0.3) is 0 Å². The van der Waals surface area contributed by atoms with Crippen molar-refractivity contribution in [3.8, 4) is 0 Å². The molecule has 1 aromatic carbocycles. The third-order valence-corrected chi connectivity index (χ3v) is 2.00. The maximum Gasteiger partial charge on any atom is 0.417 e. The number of carboxylic acids is 1. The number of hydrogen-bond acceptors (Lipinski definition) is 1. The third-order valence-electron chi connectivity index (χ3n) is 1.61. The van der Waals surface area contributed by atoms with Crippen LogP contribution in [-0.2, 0) is 6.18 Å². The van der Waals surface area contributed by atoms with E-state index in [-0.39, 0.29) is 0 Å². The largest absolute Gasteiger partial charge is 0.478 e. The minimum absolute atomic E-state index is 0.393. The molecule has 15 heavy (non-hydrogen) atoms. The first kappa shape index (κ1) is 11.8. The molecule has 0 radical (unpaired) electrons. The molecule has 2 nitrogen and oxygen atoms in total. The Hall–Kier alpha value is -1.30. The van der Waals surface area contributed by atoms with Gasteiger partial charge < -0.3 is 5.11 Å². The van der Waals surface area contributed by atoms with Gasteiger partial charge in [-0.2, -0.15) is 13.2 Å². The minimum atomic E-state index is -4.81. The number of carbonyl (C=O) groups is 1. The van der Waals surface area contributed by atoms with Gasteiger partial charge in [-0.05, 0) is 12.1 Å². The molecule has 1 N–H and O–H groups in total. The zero-order valence-corrected chi connectivity index (χ0v) is 7.66. The number of alkyl halides is 3. The van der Waals surface area contributed by atoms with Crippen LogP contribution in [0.2, 0.25) is 5.02 Å². The molecular formula is C8H3ClF4O2. The molecule has 0 bridgehead atoms. The highest BCUT2D eigenvalue weighted by Crippen LogP contribution is 2.37. The molecule has 0 saturated carbocycles. The van der Waals surface area contributed by atoms with Gasteiger partial charge in [0.2, 0.25) is 0 Å². The summed E-state index contributed by atoms with van der Waals surface area (Å²) in [6.07, 6.45) is -4.81. The molecular weight excluding hydrogens is 240 g/mol. The van der Waals surface area contributed by atoms with Crippen molar-refractivity contribution in [1.82, 2.24) is 0 Å². The number of benzene rings is 1. The summed E-state index contributed by atoms with van der Waals surface area (Å²) in [5.74, 6) is -3.15. The van der Waals surface area contributed by atoms with Crippen LogP contribution in [0, 0.1) is 5.82 Å². The summed E-state index contributed by atoms with van der Waals surface area (Å²) >= 11 is 5.15. The predicted octanol–water partition coefficient (Wildman–Crippen LogP) is 3.20. The van der Waals surface area contributed by atoms with Gasteiger partial charge in [0, 0.05) is 0 Å². The maximum atomic E-state index is 12.8. The van der Waals surface area contributed by atoms with E-state index in [4.69, 9.17) is 16.7 Å². The summed E-state index contributed by atoms with van der Waals surface area (Å²) < 4.78 is 49.5. The summed E-state index contributed by atoms with van der Waals surface area (Å²) in [5, 5.41) is 7.30. The first-order chi connectivity index (χ1) is 6.75. The van der Waals surface area contributed by atoms with Crippen LogP contribution in [0.15, 0.2) is 12.1 Å². The first-order valence-corrected chi connectivity index (χ1v) is 3.91. The monoisotopic (exact) mass is 242 g/mol. The second kappa shape index (κ2) is 3.69. The number of halogens is 5. The van der Waals surface area contributed by atoms with E-state index in [1.54, 1.807) is 0 Å². The summed E-state index contributed by atoms with van der Waals surface area (Å²) in [6.45, 7) is 0. The fraction of sp³-hybridized carbons (Fsp3) is 0.125. The molecule has 0 unspecified atom stereocenters. The Balaban J connectivity index is 3.49. The lowest BCUT2D eigenvalue weighted by Gasteiger charge is -2.10. The number of aromatic carboxylic acids is 1. The molecule has 1 rings (SSSR count). The Kier molecular flexibility index (Phi) is 2.90. The van der Waals surface area contributed by atoms with Gasteiger partial charge in [-0.1, -0.05) is 11.6 Å².